The number of carbonyl (C=O) groups is 1. The van der Waals surface area contributed by atoms with E-state index in [4.69, 9.17) is 19.9 Å². The third kappa shape index (κ3) is 5.06. The van der Waals surface area contributed by atoms with Crippen molar-refractivity contribution in [3.8, 4) is 17.2 Å². The fourth-order valence-corrected chi connectivity index (χ4v) is 3.39. The van der Waals surface area contributed by atoms with Crippen LogP contribution < -0.4 is 36.1 Å². The summed E-state index contributed by atoms with van der Waals surface area (Å²) >= 11 is 0. The third-order valence-corrected chi connectivity index (χ3v) is 4.74. The fraction of sp³-hybridized carbons (Fsp3) is 0.500. The number of ether oxygens (including phenoxy) is 3. The van der Waals surface area contributed by atoms with Gasteiger partial charge in [0.15, 0.2) is 17.2 Å². The number of benzene rings is 1. The Hall–Kier alpha value is -3.43. The van der Waals surface area contributed by atoms with E-state index in [1.54, 1.807) is 0 Å². The van der Waals surface area contributed by atoms with E-state index in [0.29, 0.717) is 23.8 Å². The number of rotatable bonds is 9. The van der Waals surface area contributed by atoms with E-state index in [2.05, 4.69) is 4.98 Å². The summed E-state index contributed by atoms with van der Waals surface area (Å²) in [6, 6.07) is 3.01. The summed E-state index contributed by atoms with van der Waals surface area (Å²) in [5.74, 6) is 0.477. The lowest BCUT2D eigenvalue weighted by atomic mass is 10.1. The number of methoxy groups -OCH3 is 3. The molecule has 2 rings (SSSR count). The zero-order valence-electron chi connectivity index (χ0n) is 19.6. The van der Waals surface area contributed by atoms with E-state index < -0.39 is 17.2 Å². The highest BCUT2D eigenvalue weighted by molar-refractivity contribution is 6.08. The standard InChI is InChI=1S/C22H32N4O6/c1-12(2)10-25(17-19(23)26(11-13(3)4)22(29)24-20(17)27)21(28)14-8-15(30-5)18(32-7)16(9-14)31-6/h8-9,12-13H,10-11,23H2,1-7H3,(H,24,27,29). The van der Waals surface area contributed by atoms with Gasteiger partial charge in [0.2, 0.25) is 5.75 Å². The molecule has 0 saturated heterocycles. The molecule has 10 heteroatoms. The topological polar surface area (TPSA) is 129 Å². The number of nitrogen functional groups attached to an aromatic ring is 1. The van der Waals surface area contributed by atoms with Crippen LogP contribution in [0.4, 0.5) is 11.5 Å². The van der Waals surface area contributed by atoms with Crippen molar-refractivity contribution in [3.63, 3.8) is 0 Å². The Bertz CT molecular complexity index is 1060. The molecule has 32 heavy (non-hydrogen) atoms. The predicted octanol–water partition coefficient (Wildman–Crippen LogP) is 2.10. The monoisotopic (exact) mass is 448 g/mol. The van der Waals surface area contributed by atoms with Crippen LogP contribution in [0.5, 0.6) is 17.2 Å². The van der Waals surface area contributed by atoms with Gasteiger partial charge in [0.25, 0.3) is 11.5 Å². The van der Waals surface area contributed by atoms with Crippen LogP contribution in [-0.2, 0) is 6.54 Å². The minimum atomic E-state index is -0.728. The van der Waals surface area contributed by atoms with Crippen LogP contribution in [0.3, 0.4) is 0 Å². The van der Waals surface area contributed by atoms with Gasteiger partial charge in [-0.25, -0.2) is 4.79 Å². The van der Waals surface area contributed by atoms with Crippen molar-refractivity contribution >= 4 is 17.4 Å². The van der Waals surface area contributed by atoms with Gasteiger partial charge in [-0.05, 0) is 24.0 Å². The number of nitrogens with one attached hydrogen (secondary N) is 1. The van der Waals surface area contributed by atoms with Crippen LogP contribution >= 0.6 is 0 Å². The Morgan fingerprint density at radius 3 is 2.03 bits per heavy atom. The van der Waals surface area contributed by atoms with E-state index in [0.717, 1.165) is 0 Å². The van der Waals surface area contributed by atoms with Crippen molar-refractivity contribution in [1.82, 2.24) is 9.55 Å². The summed E-state index contributed by atoms with van der Waals surface area (Å²) < 4.78 is 17.3. The summed E-state index contributed by atoms with van der Waals surface area (Å²) in [4.78, 5) is 42.3. The number of nitrogens with two attached hydrogens (primary N) is 1. The van der Waals surface area contributed by atoms with Crippen molar-refractivity contribution in [2.45, 2.75) is 34.2 Å². The molecule has 3 N–H and O–H groups in total. The highest BCUT2D eigenvalue weighted by atomic mass is 16.5. The normalized spacial score (nSPS) is 11.0. The Morgan fingerprint density at radius 1 is 1.03 bits per heavy atom. The molecular formula is C22H32N4O6. The van der Waals surface area contributed by atoms with Crippen molar-refractivity contribution in [1.29, 1.82) is 0 Å². The highest BCUT2D eigenvalue weighted by Gasteiger charge is 2.28. The molecular weight excluding hydrogens is 416 g/mol. The number of hydrogen-bond donors (Lipinski definition) is 2. The van der Waals surface area contributed by atoms with Gasteiger partial charge in [-0.2, -0.15) is 0 Å². The molecule has 1 aromatic carbocycles. The van der Waals surface area contributed by atoms with Gasteiger partial charge in [-0.3, -0.25) is 19.1 Å². The number of aromatic amines is 1. The molecule has 0 radical (unpaired) electrons. The average molecular weight is 449 g/mol. The molecule has 0 aliphatic heterocycles. The summed E-state index contributed by atoms with van der Waals surface area (Å²) in [5, 5.41) is 0. The quantitative estimate of drug-likeness (QED) is 0.601. The number of aromatic nitrogens is 2. The van der Waals surface area contributed by atoms with Gasteiger partial charge in [0, 0.05) is 18.7 Å². The van der Waals surface area contributed by atoms with E-state index >= 15 is 0 Å². The van der Waals surface area contributed by atoms with Crippen LogP contribution in [-0.4, -0.2) is 43.3 Å². The summed E-state index contributed by atoms with van der Waals surface area (Å²) in [7, 11) is 4.36. The first-order chi connectivity index (χ1) is 15.0. The molecule has 1 aromatic heterocycles. The Labute approximate surface area is 186 Å². The van der Waals surface area contributed by atoms with Gasteiger partial charge in [-0.15, -0.1) is 0 Å². The molecule has 0 aliphatic carbocycles. The second-order valence-corrected chi connectivity index (χ2v) is 8.22. The van der Waals surface area contributed by atoms with Crippen LogP contribution in [0, 0.1) is 11.8 Å². The number of anilines is 2. The summed E-state index contributed by atoms with van der Waals surface area (Å²) in [6.07, 6.45) is 0. The van der Waals surface area contributed by atoms with E-state index in [1.165, 1.54) is 42.9 Å². The fourth-order valence-electron chi connectivity index (χ4n) is 3.39. The molecule has 0 bridgehead atoms. The molecule has 0 fully saturated rings. The van der Waals surface area contributed by atoms with Crippen LogP contribution in [0.2, 0.25) is 0 Å². The molecule has 0 saturated carbocycles. The third-order valence-electron chi connectivity index (χ3n) is 4.74. The summed E-state index contributed by atoms with van der Waals surface area (Å²) in [5.41, 5.74) is 5.06. The largest absolute Gasteiger partial charge is 0.493 e. The lowest BCUT2D eigenvalue weighted by Crippen LogP contribution is -2.43. The molecule has 10 nitrogen and oxygen atoms in total. The van der Waals surface area contributed by atoms with E-state index in [1.807, 2.05) is 27.7 Å². The molecule has 0 aliphatic rings. The van der Waals surface area contributed by atoms with Crippen molar-refractivity contribution < 1.29 is 19.0 Å². The zero-order valence-corrected chi connectivity index (χ0v) is 19.6. The molecule has 0 unspecified atom stereocenters. The Morgan fingerprint density at radius 2 is 1.59 bits per heavy atom. The van der Waals surface area contributed by atoms with Gasteiger partial charge >= 0.3 is 5.69 Å². The maximum absolute atomic E-state index is 13.6. The first kappa shape index (κ1) is 24.8. The maximum atomic E-state index is 13.6. The first-order valence-corrected chi connectivity index (χ1v) is 10.3. The highest BCUT2D eigenvalue weighted by Crippen LogP contribution is 2.38. The van der Waals surface area contributed by atoms with Crippen molar-refractivity contribution in [3.05, 3.63) is 38.5 Å². The lowest BCUT2D eigenvalue weighted by molar-refractivity contribution is 0.0982. The number of hydrogen-bond acceptors (Lipinski definition) is 7. The second kappa shape index (κ2) is 10.3. The number of carbonyl (C=O) groups excluding carboxylic acids is 1. The molecule has 0 atom stereocenters. The number of nitrogens with zero attached hydrogens (tertiary/aromatic N) is 2. The SMILES string of the molecule is COc1cc(C(=O)N(CC(C)C)c2c(N)n(CC(C)C)c(=O)[nH]c2=O)cc(OC)c1OC. The van der Waals surface area contributed by atoms with Gasteiger partial charge in [-0.1, -0.05) is 27.7 Å². The van der Waals surface area contributed by atoms with Gasteiger partial charge in [0.1, 0.15) is 5.82 Å². The van der Waals surface area contributed by atoms with Crippen LogP contribution in [0.15, 0.2) is 21.7 Å². The summed E-state index contributed by atoms with van der Waals surface area (Å²) in [6.45, 7) is 8.15. The lowest BCUT2D eigenvalue weighted by Gasteiger charge is -2.27. The van der Waals surface area contributed by atoms with Crippen LogP contribution in [0.25, 0.3) is 0 Å². The molecule has 1 amide bonds. The molecule has 1 heterocycles. The predicted molar refractivity (Wildman–Crippen MR) is 123 cm³/mol. The zero-order chi connectivity index (χ0) is 24.2. The average Bonchev–Trinajstić information content (AvgIpc) is 2.73. The first-order valence-electron chi connectivity index (χ1n) is 10.3. The second-order valence-electron chi connectivity index (χ2n) is 8.22. The van der Waals surface area contributed by atoms with Crippen LogP contribution in [0.1, 0.15) is 38.1 Å². The number of H-pyrrole nitrogens is 1. The molecule has 176 valence electrons. The van der Waals surface area contributed by atoms with Crippen molar-refractivity contribution in [2.75, 3.05) is 38.5 Å². The minimum absolute atomic E-state index is 0.00488. The number of amides is 1. The van der Waals surface area contributed by atoms with E-state index in [9.17, 15) is 14.4 Å². The Kier molecular flexibility index (Phi) is 7.96. The van der Waals surface area contributed by atoms with Gasteiger partial charge in [0.05, 0.1) is 21.3 Å². The molecule has 2 aromatic rings. The molecule has 0 spiro atoms. The maximum Gasteiger partial charge on any atom is 0.330 e. The van der Waals surface area contributed by atoms with Crippen molar-refractivity contribution in [2.24, 2.45) is 11.8 Å². The van der Waals surface area contributed by atoms with E-state index in [-0.39, 0.29) is 35.4 Å². The smallest absolute Gasteiger partial charge is 0.330 e. The van der Waals surface area contributed by atoms with Gasteiger partial charge < -0.3 is 24.8 Å². The Balaban J connectivity index is 2.73. The minimum Gasteiger partial charge on any atom is -0.493 e.